The quantitative estimate of drug-likeness (QED) is 0.740. The van der Waals surface area contributed by atoms with Crippen LogP contribution in [-0.4, -0.2) is 15.5 Å². The maximum Gasteiger partial charge on any atom is 0.253 e. The molecule has 0 saturated carbocycles. The van der Waals surface area contributed by atoms with E-state index >= 15 is 0 Å². The van der Waals surface area contributed by atoms with E-state index in [1.165, 1.54) is 0 Å². The van der Waals surface area contributed by atoms with Gasteiger partial charge in [-0.05, 0) is 18.2 Å². The molecule has 0 unspecified atom stereocenters. The number of H-pyrrole nitrogens is 1. The Kier molecular flexibility index (Phi) is 2.83. The number of aryl methyl sites for hydroxylation is 1. The smallest absolute Gasteiger partial charge is 0.253 e. The van der Waals surface area contributed by atoms with E-state index in [1.807, 2.05) is 60.4 Å². The lowest BCUT2D eigenvalue weighted by molar-refractivity contribution is 0.0952. The van der Waals surface area contributed by atoms with Crippen LogP contribution in [0.4, 0.5) is 0 Å². The molecular formula is C15H15N3O. The monoisotopic (exact) mass is 253 g/mol. The zero-order chi connectivity index (χ0) is 13.2. The second-order valence-electron chi connectivity index (χ2n) is 4.55. The van der Waals surface area contributed by atoms with Crippen LogP contribution in [0.3, 0.4) is 0 Å². The fourth-order valence-electron chi connectivity index (χ4n) is 2.27. The van der Waals surface area contributed by atoms with Gasteiger partial charge in [-0.15, -0.1) is 0 Å². The van der Waals surface area contributed by atoms with Crippen LogP contribution in [0, 0.1) is 0 Å². The van der Waals surface area contributed by atoms with Crippen LogP contribution >= 0.6 is 0 Å². The number of hydrogen-bond donors (Lipinski definition) is 2. The number of para-hydroxylation sites is 1. The van der Waals surface area contributed by atoms with E-state index in [2.05, 4.69) is 10.3 Å². The standard InChI is InChI=1S/C15H15N3O/c1-18-10-13(12-6-2-3-7-14(12)18)15(19)17-9-11-5-4-8-16-11/h2-8,10,16H,9H2,1H3,(H,17,19). The zero-order valence-corrected chi connectivity index (χ0v) is 10.7. The third-order valence-electron chi connectivity index (χ3n) is 3.24. The second kappa shape index (κ2) is 4.65. The maximum atomic E-state index is 12.2. The number of hydrogen-bond acceptors (Lipinski definition) is 1. The van der Waals surface area contributed by atoms with E-state index in [0.29, 0.717) is 12.1 Å². The first-order valence-electron chi connectivity index (χ1n) is 6.20. The Labute approximate surface area is 111 Å². The summed E-state index contributed by atoms with van der Waals surface area (Å²) in [5, 5.41) is 3.90. The highest BCUT2D eigenvalue weighted by Gasteiger charge is 2.12. The van der Waals surface area contributed by atoms with Crippen molar-refractivity contribution in [2.45, 2.75) is 6.54 Å². The number of rotatable bonds is 3. The summed E-state index contributed by atoms with van der Waals surface area (Å²) in [4.78, 5) is 15.3. The van der Waals surface area contributed by atoms with Gasteiger partial charge in [-0.1, -0.05) is 18.2 Å². The summed E-state index contributed by atoms with van der Waals surface area (Å²) in [6, 6.07) is 11.8. The van der Waals surface area contributed by atoms with Gasteiger partial charge in [0, 0.05) is 36.0 Å². The first kappa shape index (κ1) is 11.6. The molecule has 0 aliphatic carbocycles. The van der Waals surface area contributed by atoms with Crippen molar-refractivity contribution in [2.75, 3.05) is 0 Å². The van der Waals surface area contributed by atoms with Gasteiger partial charge < -0.3 is 14.9 Å². The van der Waals surface area contributed by atoms with Crippen molar-refractivity contribution < 1.29 is 4.79 Å². The number of carbonyl (C=O) groups is 1. The minimum atomic E-state index is -0.0496. The SMILES string of the molecule is Cn1cc(C(=O)NCc2ccc[nH]2)c2ccccc21. The van der Waals surface area contributed by atoms with Crippen molar-refractivity contribution in [1.29, 1.82) is 0 Å². The van der Waals surface area contributed by atoms with Crippen LogP contribution in [0.1, 0.15) is 16.1 Å². The van der Waals surface area contributed by atoms with Gasteiger partial charge in [0.25, 0.3) is 5.91 Å². The van der Waals surface area contributed by atoms with Gasteiger partial charge in [0.05, 0.1) is 12.1 Å². The van der Waals surface area contributed by atoms with Crippen LogP contribution in [0.15, 0.2) is 48.8 Å². The number of nitrogens with zero attached hydrogens (tertiary/aromatic N) is 1. The Hall–Kier alpha value is -2.49. The third kappa shape index (κ3) is 2.12. The summed E-state index contributed by atoms with van der Waals surface area (Å²) < 4.78 is 1.97. The van der Waals surface area contributed by atoms with Crippen LogP contribution in [0.2, 0.25) is 0 Å². The maximum absolute atomic E-state index is 12.2. The highest BCUT2D eigenvalue weighted by Crippen LogP contribution is 2.20. The van der Waals surface area contributed by atoms with Crippen molar-refractivity contribution in [2.24, 2.45) is 7.05 Å². The molecule has 0 radical (unpaired) electrons. The normalized spacial score (nSPS) is 10.8. The Balaban J connectivity index is 1.85. The highest BCUT2D eigenvalue weighted by atomic mass is 16.1. The Morgan fingerprint density at radius 1 is 1.26 bits per heavy atom. The van der Waals surface area contributed by atoms with Gasteiger partial charge in [-0.2, -0.15) is 0 Å². The number of benzene rings is 1. The molecular weight excluding hydrogens is 238 g/mol. The van der Waals surface area contributed by atoms with Gasteiger partial charge in [0.2, 0.25) is 0 Å². The summed E-state index contributed by atoms with van der Waals surface area (Å²) in [5.74, 6) is -0.0496. The first-order valence-corrected chi connectivity index (χ1v) is 6.20. The van der Waals surface area contributed by atoms with Crippen LogP contribution < -0.4 is 5.32 Å². The summed E-state index contributed by atoms with van der Waals surface area (Å²) in [5.41, 5.74) is 2.77. The molecule has 0 aliphatic heterocycles. The van der Waals surface area contributed by atoms with Gasteiger partial charge >= 0.3 is 0 Å². The van der Waals surface area contributed by atoms with Gasteiger partial charge in [-0.25, -0.2) is 0 Å². The van der Waals surface area contributed by atoms with Gasteiger partial charge in [-0.3, -0.25) is 4.79 Å². The molecule has 0 saturated heterocycles. The molecule has 0 aliphatic rings. The number of aromatic nitrogens is 2. The largest absolute Gasteiger partial charge is 0.364 e. The molecule has 2 heterocycles. The van der Waals surface area contributed by atoms with E-state index in [-0.39, 0.29) is 5.91 Å². The molecule has 0 bridgehead atoms. The molecule has 3 rings (SSSR count). The molecule has 3 aromatic rings. The summed E-state index contributed by atoms with van der Waals surface area (Å²) in [6.07, 6.45) is 3.72. The predicted molar refractivity (Wildman–Crippen MR) is 74.9 cm³/mol. The molecule has 4 heteroatoms. The van der Waals surface area contributed by atoms with Crippen molar-refractivity contribution in [1.82, 2.24) is 14.9 Å². The average molecular weight is 253 g/mol. The number of fused-ring (bicyclic) bond motifs is 1. The van der Waals surface area contributed by atoms with Crippen LogP contribution in [-0.2, 0) is 13.6 Å². The molecule has 1 amide bonds. The summed E-state index contributed by atoms with van der Waals surface area (Å²) in [6.45, 7) is 0.509. The fraction of sp³-hybridized carbons (Fsp3) is 0.133. The van der Waals surface area contributed by atoms with Crippen molar-refractivity contribution in [3.05, 3.63) is 60.0 Å². The molecule has 0 spiro atoms. The fourth-order valence-corrected chi connectivity index (χ4v) is 2.27. The molecule has 19 heavy (non-hydrogen) atoms. The van der Waals surface area contributed by atoms with Crippen molar-refractivity contribution in [3.63, 3.8) is 0 Å². The van der Waals surface area contributed by atoms with Crippen LogP contribution in [0.25, 0.3) is 10.9 Å². The Bertz CT molecular complexity index is 710. The second-order valence-corrected chi connectivity index (χ2v) is 4.55. The molecule has 2 N–H and O–H groups in total. The predicted octanol–water partition coefficient (Wildman–Crippen LogP) is 2.44. The summed E-state index contributed by atoms with van der Waals surface area (Å²) in [7, 11) is 1.95. The molecule has 2 aromatic heterocycles. The molecule has 1 aromatic carbocycles. The van der Waals surface area contributed by atoms with Gasteiger partial charge in [0.15, 0.2) is 0 Å². The number of carbonyl (C=O) groups excluding carboxylic acids is 1. The van der Waals surface area contributed by atoms with Gasteiger partial charge in [0.1, 0.15) is 0 Å². The Morgan fingerprint density at radius 3 is 2.89 bits per heavy atom. The molecule has 4 nitrogen and oxygen atoms in total. The number of amides is 1. The molecule has 0 fully saturated rings. The minimum absolute atomic E-state index is 0.0496. The van der Waals surface area contributed by atoms with E-state index < -0.39 is 0 Å². The van der Waals surface area contributed by atoms with Crippen molar-refractivity contribution in [3.8, 4) is 0 Å². The minimum Gasteiger partial charge on any atom is -0.364 e. The summed E-state index contributed by atoms with van der Waals surface area (Å²) >= 11 is 0. The van der Waals surface area contributed by atoms with E-state index in [4.69, 9.17) is 0 Å². The van der Waals surface area contributed by atoms with E-state index in [9.17, 15) is 4.79 Å². The van der Waals surface area contributed by atoms with E-state index in [0.717, 1.165) is 16.6 Å². The number of aromatic amines is 1. The highest BCUT2D eigenvalue weighted by molar-refractivity contribution is 6.06. The van der Waals surface area contributed by atoms with Crippen molar-refractivity contribution >= 4 is 16.8 Å². The first-order chi connectivity index (χ1) is 9.25. The number of nitrogens with one attached hydrogen (secondary N) is 2. The van der Waals surface area contributed by atoms with Crippen LogP contribution in [0.5, 0.6) is 0 Å². The molecule has 96 valence electrons. The van der Waals surface area contributed by atoms with E-state index in [1.54, 1.807) is 0 Å². The Morgan fingerprint density at radius 2 is 2.11 bits per heavy atom. The molecule has 0 atom stereocenters. The lowest BCUT2D eigenvalue weighted by Gasteiger charge is -2.02. The lowest BCUT2D eigenvalue weighted by Crippen LogP contribution is -2.22. The third-order valence-corrected chi connectivity index (χ3v) is 3.24. The average Bonchev–Trinajstić information content (AvgIpc) is 3.05. The zero-order valence-electron chi connectivity index (χ0n) is 10.7. The lowest BCUT2D eigenvalue weighted by atomic mass is 10.1. The topological polar surface area (TPSA) is 49.8 Å².